The van der Waals surface area contributed by atoms with E-state index in [4.69, 9.17) is 4.74 Å². The zero-order valence-electron chi connectivity index (χ0n) is 11.9. The van der Waals surface area contributed by atoms with Crippen LogP contribution in [-0.4, -0.2) is 41.1 Å². The largest absolute Gasteiger partial charge is 0.375 e. The number of carbonyl (C=O) groups is 1. The summed E-state index contributed by atoms with van der Waals surface area (Å²) in [7, 11) is 1.90. The van der Waals surface area contributed by atoms with Crippen molar-refractivity contribution in [3.63, 3.8) is 0 Å². The van der Waals surface area contributed by atoms with Gasteiger partial charge in [-0.05, 0) is 44.4 Å². The maximum atomic E-state index is 12.3. The van der Waals surface area contributed by atoms with Crippen molar-refractivity contribution >= 4 is 5.91 Å². The lowest BCUT2D eigenvalue weighted by Crippen LogP contribution is -2.47. The Kier molecular flexibility index (Phi) is 4.20. The molecule has 0 radical (unpaired) electrons. The highest BCUT2D eigenvalue weighted by Gasteiger charge is 2.32. The first-order chi connectivity index (χ1) is 8.98. The molecule has 1 aromatic heterocycles. The SMILES string of the molecule is CN(C(=O)Cc1ccncc1)[C@H]1CCOC(C)(C)C1. The number of hydrogen-bond acceptors (Lipinski definition) is 3. The van der Waals surface area contributed by atoms with Crippen molar-refractivity contribution in [2.75, 3.05) is 13.7 Å². The van der Waals surface area contributed by atoms with Crippen molar-refractivity contribution in [3.8, 4) is 0 Å². The molecular weight excluding hydrogens is 240 g/mol. The van der Waals surface area contributed by atoms with E-state index in [1.807, 2.05) is 24.1 Å². The first-order valence-corrected chi connectivity index (χ1v) is 6.76. The van der Waals surface area contributed by atoms with Crippen LogP contribution in [0.15, 0.2) is 24.5 Å². The van der Waals surface area contributed by atoms with Crippen LogP contribution < -0.4 is 0 Å². The zero-order chi connectivity index (χ0) is 13.9. The molecule has 2 heterocycles. The minimum absolute atomic E-state index is 0.131. The number of carbonyl (C=O) groups excluding carboxylic acids is 1. The number of nitrogens with zero attached hydrogens (tertiary/aromatic N) is 2. The molecule has 0 aromatic carbocycles. The van der Waals surface area contributed by atoms with Gasteiger partial charge in [-0.2, -0.15) is 0 Å². The minimum Gasteiger partial charge on any atom is -0.375 e. The lowest BCUT2D eigenvalue weighted by atomic mass is 9.93. The summed E-state index contributed by atoms with van der Waals surface area (Å²) in [4.78, 5) is 18.1. The van der Waals surface area contributed by atoms with Crippen molar-refractivity contribution in [1.29, 1.82) is 0 Å². The zero-order valence-corrected chi connectivity index (χ0v) is 11.9. The molecule has 0 saturated carbocycles. The van der Waals surface area contributed by atoms with Crippen LogP contribution >= 0.6 is 0 Å². The Labute approximate surface area is 114 Å². The van der Waals surface area contributed by atoms with Crippen LogP contribution in [0.2, 0.25) is 0 Å². The summed E-state index contributed by atoms with van der Waals surface area (Å²) in [6.45, 7) is 4.89. The molecular formula is C15H22N2O2. The average molecular weight is 262 g/mol. The molecule has 1 aliphatic heterocycles. The topological polar surface area (TPSA) is 42.4 Å². The maximum absolute atomic E-state index is 12.3. The van der Waals surface area contributed by atoms with E-state index in [1.54, 1.807) is 12.4 Å². The molecule has 0 spiro atoms. The Balaban J connectivity index is 1.95. The van der Waals surface area contributed by atoms with Crippen LogP contribution in [0.4, 0.5) is 0 Å². The van der Waals surface area contributed by atoms with E-state index in [2.05, 4.69) is 18.8 Å². The Hall–Kier alpha value is -1.42. The van der Waals surface area contributed by atoms with E-state index in [0.717, 1.165) is 25.0 Å². The van der Waals surface area contributed by atoms with Crippen molar-refractivity contribution in [2.24, 2.45) is 0 Å². The third-order valence-corrected chi connectivity index (χ3v) is 3.72. The number of amides is 1. The Morgan fingerprint density at radius 3 is 2.79 bits per heavy atom. The van der Waals surface area contributed by atoms with Crippen LogP contribution in [0, 0.1) is 0 Å². The van der Waals surface area contributed by atoms with Crippen LogP contribution in [0.1, 0.15) is 32.3 Å². The predicted molar refractivity (Wildman–Crippen MR) is 73.8 cm³/mol. The highest BCUT2D eigenvalue weighted by Crippen LogP contribution is 2.27. The fraction of sp³-hybridized carbons (Fsp3) is 0.600. The van der Waals surface area contributed by atoms with Gasteiger partial charge in [0.25, 0.3) is 0 Å². The van der Waals surface area contributed by atoms with Gasteiger partial charge in [0.2, 0.25) is 5.91 Å². The minimum atomic E-state index is -0.131. The summed E-state index contributed by atoms with van der Waals surface area (Å²) in [6.07, 6.45) is 5.70. The van der Waals surface area contributed by atoms with Gasteiger partial charge in [-0.3, -0.25) is 9.78 Å². The monoisotopic (exact) mass is 262 g/mol. The maximum Gasteiger partial charge on any atom is 0.226 e. The number of hydrogen-bond donors (Lipinski definition) is 0. The summed E-state index contributed by atoms with van der Waals surface area (Å²) in [5.74, 6) is 0.161. The quantitative estimate of drug-likeness (QED) is 0.837. The second-order valence-electron chi connectivity index (χ2n) is 5.79. The highest BCUT2D eigenvalue weighted by molar-refractivity contribution is 5.78. The molecule has 4 heteroatoms. The van der Waals surface area contributed by atoms with Crippen molar-refractivity contribution in [3.05, 3.63) is 30.1 Å². The number of ether oxygens (including phenoxy) is 1. The van der Waals surface area contributed by atoms with Crippen molar-refractivity contribution < 1.29 is 9.53 Å². The fourth-order valence-corrected chi connectivity index (χ4v) is 2.53. The van der Waals surface area contributed by atoms with Crippen LogP contribution in [0.5, 0.6) is 0 Å². The molecule has 1 atom stereocenters. The molecule has 104 valence electrons. The van der Waals surface area contributed by atoms with E-state index in [0.29, 0.717) is 6.42 Å². The molecule has 4 nitrogen and oxygen atoms in total. The lowest BCUT2D eigenvalue weighted by molar-refractivity contribution is -0.137. The first kappa shape index (κ1) is 14.0. The van der Waals surface area contributed by atoms with Gasteiger partial charge in [0.05, 0.1) is 12.0 Å². The van der Waals surface area contributed by atoms with Crippen LogP contribution in [-0.2, 0) is 16.0 Å². The standard InChI is InChI=1S/C15H22N2O2/c1-15(2)11-13(6-9-19-15)17(3)14(18)10-12-4-7-16-8-5-12/h4-5,7-8,13H,6,9-11H2,1-3H3/t13-/m0/s1. The summed E-state index contributed by atoms with van der Waals surface area (Å²) < 4.78 is 5.70. The first-order valence-electron chi connectivity index (χ1n) is 6.76. The molecule has 0 aliphatic carbocycles. The van der Waals surface area contributed by atoms with E-state index < -0.39 is 0 Å². The number of rotatable bonds is 3. The van der Waals surface area contributed by atoms with Gasteiger partial charge >= 0.3 is 0 Å². The van der Waals surface area contributed by atoms with Gasteiger partial charge in [0.1, 0.15) is 0 Å². The van der Waals surface area contributed by atoms with Gasteiger partial charge in [-0.15, -0.1) is 0 Å². The number of aromatic nitrogens is 1. The molecule has 1 fully saturated rings. The van der Waals surface area contributed by atoms with Gasteiger partial charge < -0.3 is 9.64 Å². The third-order valence-electron chi connectivity index (χ3n) is 3.72. The summed E-state index contributed by atoms with van der Waals surface area (Å²) >= 11 is 0. The molecule has 1 aliphatic rings. The number of pyridine rings is 1. The summed E-state index contributed by atoms with van der Waals surface area (Å²) in [6, 6.07) is 4.05. The lowest BCUT2D eigenvalue weighted by Gasteiger charge is -2.39. The normalized spacial score (nSPS) is 21.9. The fourth-order valence-electron chi connectivity index (χ4n) is 2.53. The van der Waals surface area contributed by atoms with E-state index in [9.17, 15) is 4.79 Å². The van der Waals surface area contributed by atoms with E-state index >= 15 is 0 Å². The van der Waals surface area contributed by atoms with Gasteiger partial charge in [0.15, 0.2) is 0 Å². The smallest absolute Gasteiger partial charge is 0.226 e. The van der Waals surface area contributed by atoms with Crippen LogP contribution in [0.3, 0.4) is 0 Å². The van der Waals surface area contributed by atoms with Crippen LogP contribution in [0.25, 0.3) is 0 Å². The Morgan fingerprint density at radius 1 is 1.47 bits per heavy atom. The third kappa shape index (κ3) is 3.77. The second kappa shape index (κ2) is 5.70. The molecule has 0 bridgehead atoms. The average Bonchev–Trinajstić information content (AvgIpc) is 2.38. The molecule has 1 saturated heterocycles. The van der Waals surface area contributed by atoms with Gasteiger partial charge in [-0.1, -0.05) is 0 Å². The van der Waals surface area contributed by atoms with Gasteiger partial charge in [-0.25, -0.2) is 0 Å². The molecule has 19 heavy (non-hydrogen) atoms. The van der Waals surface area contributed by atoms with Gasteiger partial charge in [0, 0.05) is 32.1 Å². The molecule has 1 amide bonds. The molecule has 0 N–H and O–H groups in total. The summed E-state index contributed by atoms with van der Waals surface area (Å²) in [5.41, 5.74) is 0.881. The van der Waals surface area contributed by atoms with E-state index in [1.165, 1.54) is 0 Å². The summed E-state index contributed by atoms with van der Waals surface area (Å²) in [5, 5.41) is 0. The second-order valence-corrected chi connectivity index (χ2v) is 5.79. The molecule has 1 aromatic rings. The number of likely N-dealkylation sites (N-methyl/N-ethyl adjacent to an activating group) is 1. The predicted octanol–water partition coefficient (Wildman–Crippen LogP) is 2.04. The van der Waals surface area contributed by atoms with Crippen molar-refractivity contribution in [1.82, 2.24) is 9.88 Å². The highest BCUT2D eigenvalue weighted by atomic mass is 16.5. The van der Waals surface area contributed by atoms with E-state index in [-0.39, 0.29) is 17.6 Å². The Morgan fingerprint density at radius 2 is 2.16 bits per heavy atom. The molecule has 0 unspecified atom stereocenters. The Bertz CT molecular complexity index is 431. The molecule has 2 rings (SSSR count). The van der Waals surface area contributed by atoms with Crippen molar-refractivity contribution in [2.45, 2.75) is 44.8 Å².